The minimum absolute atomic E-state index is 0.00767. The Morgan fingerprint density at radius 1 is 0.868 bits per heavy atom. The van der Waals surface area contributed by atoms with E-state index < -0.39 is 40.9 Å². The van der Waals surface area contributed by atoms with Crippen molar-refractivity contribution in [1.82, 2.24) is 5.01 Å². The highest BCUT2D eigenvalue weighted by molar-refractivity contribution is 6.22. The number of benzene rings is 4. The molecule has 3 fully saturated rings. The van der Waals surface area contributed by atoms with Gasteiger partial charge in [0, 0.05) is 5.92 Å². The first-order valence-corrected chi connectivity index (χ1v) is 17.8. The molecule has 0 bridgehead atoms. The number of hydrazine groups is 1. The van der Waals surface area contributed by atoms with Gasteiger partial charge in [0.15, 0.2) is 11.5 Å². The molecule has 266 valence electrons. The maximum Gasteiger partial charge on any atom is 0.260 e. The Morgan fingerprint density at radius 3 is 2.28 bits per heavy atom. The molecule has 0 radical (unpaired) electrons. The van der Waals surface area contributed by atoms with E-state index in [2.05, 4.69) is 12.0 Å². The Morgan fingerprint density at radius 2 is 1.58 bits per heavy atom. The van der Waals surface area contributed by atoms with Crippen LogP contribution in [0.1, 0.15) is 35.1 Å². The van der Waals surface area contributed by atoms with Crippen LogP contribution >= 0.6 is 0 Å². The molecule has 4 amide bonds. The number of aryl methyl sites for hydroxylation is 1. The number of imide groups is 2. The van der Waals surface area contributed by atoms with Crippen molar-refractivity contribution < 1.29 is 29.0 Å². The van der Waals surface area contributed by atoms with Gasteiger partial charge in [-0.3, -0.25) is 29.5 Å². The number of nitrogens with zero attached hydrogens (tertiary/aromatic N) is 2. The van der Waals surface area contributed by atoms with Crippen LogP contribution in [0.15, 0.2) is 121 Å². The van der Waals surface area contributed by atoms with Gasteiger partial charge in [-0.1, -0.05) is 103 Å². The fraction of sp³-hybridized carbons (Fsp3) is 0.227. The molecular weight excluding hydrogens is 666 g/mol. The molecule has 2 N–H and O–H groups in total. The van der Waals surface area contributed by atoms with E-state index in [1.165, 1.54) is 12.0 Å². The van der Waals surface area contributed by atoms with E-state index in [1.54, 1.807) is 36.4 Å². The van der Waals surface area contributed by atoms with E-state index in [9.17, 15) is 19.5 Å². The van der Waals surface area contributed by atoms with Crippen LogP contribution in [0.4, 0.5) is 11.4 Å². The topological polar surface area (TPSA) is 116 Å². The number of hydrogen-bond acceptors (Lipinski definition) is 7. The molecule has 1 saturated carbocycles. The van der Waals surface area contributed by atoms with Gasteiger partial charge in [-0.15, -0.1) is 0 Å². The fourth-order valence-corrected chi connectivity index (χ4v) is 9.01. The molecule has 2 saturated heterocycles. The van der Waals surface area contributed by atoms with Crippen molar-refractivity contribution in [3.05, 3.63) is 144 Å². The van der Waals surface area contributed by atoms with Gasteiger partial charge in [0.05, 0.1) is 41.7 Å². The Labute approximate surface area is 307 Å². The number of aromatic hydroxyl groups is 1. The Hall–Kier alpha value is -6.22. The Bertz CT molecular complexity index is 2210. The third-order valence-electron chi connectivity index (χ3n) is 11.5. The number of anilines is 2. The van der Waals surface area contributed by atoms with Crippen LogP contribution in [0.3, 0.4) is 0 Å². The lowest BCUT2D eigenvalue weighted by Crippen LogP contribution is -2.54. The van der Waals surface area contributed by atoms with Crippen molar-refractivity contribution >= 4 is 47.2 Å². The van der Waals surface area contributed by atoms with Crippen LogP contribution in [-0.4, -0.2) is 40.9 Å². The largest absolute Gasteiger partial charge is 0.504 e. The standard InChI is InChI=1S/C44H39N3O6/c1-4-27-12-18-31(19-13-27)46-40(49)33-21-20-32-34(39(33)42(46)51)25-36-41(50)47(45-30-16-10-26(2)11-17-30)43(52)44(36,29-8-6-5-7-9-29)35(32)22-14-28-15-23-37(48)38(24-28)53-3/h4-20,22-24,33-36,39,45,48H,1,21,25H2,2-3H3. The smallest absolute Gasteiger partial charge is 0.260 e. The second-order valence-electron chi connectivity index (χ2n) is 14.2. The van der Waals surface area contributed by atoms with E-state index in [0.29, 0.717) is 34.7 Å². The van der Waals surface area contributed by atoms with Gasteiger partial charge >= 0.3 is 0 Å². The lowest BCUT2D eigenvalue weighted by Gasteiger charge is -2.49. The number of ether oxygens (including phenoxy) is 1. The van der Waals surface area contributed by atoms with Crippen molar-refractivity contribution in [3.8, 4) is 11.5 Å². The van der Waals surface area contributed by atoms with Crippen molar-refractivity contribution in [2.45, 2.75) is 25.2 Å². The summed E-state index contributed by atoms with van der Waals surface area (Å²) in [5.41, 5.74) is 7.01. The quantitative estimate of drug-likeness (QED) is 0.149. The lowest BCUT2D eigenvalue weighted by molar-refractivity contribution is -0.139. The number of methoxy groups -OCH3 is 1. The van der Waals surface area contributed by atoms with Gasteiger partial charge in [-0.25, -0.2) is 0 Å². The van der Waals surface area contributed by atoms with E-state index in [-0.39, 0.29) is 29.9 Å². The summed E-state index contributed by atoms with van der Waals surface area (Å²) in [6.45, 7) is 5.77. The zero-order chi connectivity index (χ0) is 37.0. The first-order valence-electron chi connectivity index (χ1n) is 17.8. The van der Waals surface area contributed by atoms with E-state index in [0.717, 1.165) is 21.7 Å². The summed E-state index contributed by atoms with van der Waals surface area (Å²) in [5, 5.41) is 11.4. The first kappa shape index (κ1) is 33.9. The third-order valence-corrected chi connectivity index (χ3v) is 11.5. The molecule has 2 aliphatic carbocycles. The predicted octanol–water partition coefficient (Wildman–Crippen LogP) is 7.09. The average Bonchev–Trinajstić information content (AvgIpc) is 3.56. The number of phenols is 1. The highest BCUT2D eigenvalue weighted by Gasteiger charge is 2.69. The molecule has 0 spiro atoms. The summed E-state index contributed by atoms with van der Waals surface area (Å²) in [6, 6.07) is 29.0. The summed E-state index contributed by atoms with van der Waals surface area (Å²) < 4.78 is 5.37. The molecule has 6 unspecified atom stereocenters. The van der Waals surface area contributed by atoms with E-state index in [1.807, 2.05) is 91.9 Å². The molecule has 4 aromatic carbocycles. The number of carbonyl (C=O) groups is 4. The zero-order valence-electron chi connectivity index (χ0n) is 29.4. The SMILES string of the molecule is C=Cc1ccc(N2C(=O)C3CC=C4C(CC5C(=O)N(Nc6ccc(C)cc6)C(=O)C5(c5ccccc5)C4C=Cc4ccc(O)c(OC)c4)C3C2=O)cc1. The lowest BCUT2D eigenvalue weighted by atomic mass is 9.50. The van der Waals surface area contributed by atoms with Crippen LogP contribution in [0.25, 0.3) is 12.2 Å². The Kier molecular flexibility index (Phi) is 8.36. The van der Waals surface area contributed by atoms with Gasteiger partial charge in [-0.05, 0) is 78.8 Å². The molecule has 9 nitrogen and oxygen atoms in total. The third kappa shape index (κ3) is 5.29. The van der Waals surface area contributed by atoms with Crippen LogP contribution in [-0.2, 0) is 24.6 Å². The van der Waals surface area contributed by atoms with Crippen LogP contribution in [0.2, 0.25) is 0 Å². The van der Waals surface area contributed by atoms with Crippen molar-refractivity contribution in [2.24, 2.45) is 29.6 Å². The van der Waals surface area contributed by atoms with Crippen LogP contribution in [0, 0.1) is 36.5 Å². The number of fused-ring (bicyclic) bond motifs is 4. The van der Waals surface area contributed by atoms with E-state index >= 15 is 4.79 Å². The molecule has 4 aliphatic rings. The predicted molar refractivity (Wildman–Crippen MR) is 202 cm³/mol. The van der Waals surface area contributed by atoms with Gasteiger partial charge < -0.3 is 9.84 Å². The summed E-state index contributed by atoms with van der Waals surface area (Å²) in [7, 11) is 1.47. The molecule has 53 heavy (non-hydrogen) atoms. The molecule has 9 heteroatoms. The number of hydrogen-bond donors (Lipinski definition) is 2. The minimum Gasteiger partial charge on any atom is -0.504 e. The molecule has 2 aliphatic heterocycles. The maximum absolute atomic E-state index is 15.2. The summed E-state index contributed by atoms with van der Waals surface area (Å²) >= 11 is 0. The van der Waals surface area contributed by atoms with Gasteiger partial charge in [0.25, 0.3) is 11.8 Å². The number of carbonyl (C=O) groups excluding carboxylic acids is 4. The Balaban J connectivity index is 1.28. The maximum atomic E-state index is 15.2. The molecule has 8 rings (SSSR count). The fourth-order valence-electron chi connectivity index (χ4n) is 9.01. The normalized spacial score (nSPS) is 26.3. The number of phenolic OH excluding ortho intramolecular Hbond substituents is 1. The minimum atomic E-state index is -1.37. The van der Waals surface area contributed by atoms with Crippen molar-refractivity contribution in [3.63, 3.8) is 0 Å². The van der Waals surface area contributed by atoms with Gasteiger partial charge in [-0.2, -0.15) is 5.01 Å². The number of nitrogens with one attached hydrogen (secondary N) is 1. The highest BCUT2D eigenvalue weighted by atomic mass is 16.5. The summed E-state index contributed by atoms with van der Waals surface area (Å²) in [4.78, 5) is 59.8. The molecule has 0 aromatic heterocycles. The number of allylic oxidation sites excluding steroid dienone is 3. The second kappa shape index (κ2) is 13.1. The number of rotatable bonds is 8. The molecule has 6 atom stereocenters. The zero-order valence-corrected chi connectivity index (χ0v) is 29.4. The summed E-state index contributed by atoms with van der Waals surface area (Å²) in [6.07, 6.45) is 8.07. The second-order valence-corrected chi connectivity index (χ2v) is 14.2. The van der Waals surface area contributed by atoms with E-state index in [4.69, 9.17) is 4.74 Å². The monoisotopic (exact) mass is 705 g/mol. The van der Waals surface area contributed by atoms with Crippen LogP contribution in [0.5, 0.6) is 11.5 Å². The highest BCUT2D eigenvalue weighted by Crippen LogP contribution is 2.61. The summed E-state index contributed by atoms with van der Waals surface area (Å²) in [5.74, 6) is -4.37. The van der Waals surface area contributed by atoms with Gasteiger partial charge in [0.2, 0.25) is 11.8 Å². The number of amides is 4. The van der Waals surface area contributed by atoms with Crippen molar-refractivity contribution in [1.29, 1.82) is 0 Å². The first-order chi connectivity index (χ1) is 25.7. The molecular formula is C44H39N3O6. The average molecular weight is 706 g/mol. The molecule has 2 heterocycles. The molecule has 4 aromatic rings. The van der Waals surface area contributed by atoms with Crippen LogP contribution < -0.4 is 15.1 Å². The van der Waals surface area contributed by atoms with Gasteiger partial charge in [0.1, 0.15) is 0 Å². The van der Waals surface area contributed by atoms with Crippen molar-refractivity contribution in [2.75, 3.05) is 17.4 Å².